The average Bonchev–Trinajstić information content (AvgIpc) is 2.81. The van der Waals surface area contributed by atoms with E-state index in [0.29, 0.717) is 5.69 Å². The third-order valence-electron chi connectivity index (χ3n) is 2.06. The van der Waals surface area contributed by atoms with Gasteiger partial charge in [0.05, 0.1) is 15.5 Å². The fourth-order valence-electron chi connectivity index (χ4n) is 1.40. The van der Waals surface area contributed by atoms with Crippen LogP contribution in [0, 0.1) is 6.92 Å². The standard InChI is InChI=1S/C9H10NO4PS2/c1-5-10-7(9(16-2)17-5)8-6(3-4-14-8)15(11,12)13/h3-4H,1-2H3,(H2,11,12,13). The summed E-state index contributed by atoms with van der Waals surface area (Å²) in [6, 6.07) is 1.29. The summed E-state index contributed by atoms with van der Waals surface area (Å²) in [7, 11) is -4.33. The molecule has 2 rings (SSSR count). The number of hydrogen-bond acceptors (Lipinski definition) is 5. The van der Waals surface area contributed by atoms with E-state index in [2.05, 4.69) is 4.98 Å². The van der Waals surface area contributed by atoms with Gasteiger partial charge in [-0.3, -0.25) is 4.57 Å². The quantitative estimate of drug-likeness (QED) is 0.666. The average molecular weight is 291 g/mol. The second kappa shape index (κ2) is 4.59. The molecule has 2 N–H and O–H groups in total. The summed E-state index contributed by atoms with van der Waals surface area (Å²) in [6.45, 7) is 1.84. The van der Waals surface area contributed by atoms with Crippen LogP contribution in [0.5, 0.6) is 0 Å². The maximum absolute atomic E-state index is 11.3. The van der Waals surface area contributed by atoms with Crippen molar-refractivity contribution in [1.29, 1.82) is 0 Å². The van der Waals surface area contributed by atoms with E-state index < -0.39 is 7.60 Å². The van der Waals surface area contributed by atoms with Crippen molar-refractivity contribution in [2.75, 3.05) is 6.26 Å². The van der Waals surface area contributed by atoms with E-state index in [9.17, 15) is 14.4 Å². The van der Waals surface area contributed by atoms with Gasteiger partial charge in [-0.25, -0.2) is 4.98 Å². The Labute approximate surface area is 106 Å². The molecule has 2 aromatic heterocycles. The number of thiazole rings is 1. The van der Waals surface area contributed by atoms with Gasteiger partial charge in [-0.2, -0.15) is 0 Å². The molecule has 2 heterocycles. The minimum absolute atomic E-state index is 0.113. The molecule has 0 saturated heterocycles. The Kier molecular flexibility index (Phi) is 3.47. The highest BCUT2D eigenvalue weighted by molar-refractivity contribution is 8.00. The van der Waals surface area contributed by atoms with Crippen molar-refractivity contribution in [3.63, 3.8) is 0 Å². The van der Waals surface area contributed by atoms with Crippen LogP contribution < -0.4 is 5.30 Å². The molecular formula is C9H10NO4PS2. The first-order valence-corrected chi connectivity index (χ1v) is 8.24. The van der Waals surface area contributed by atoms with Crippen LogP contribution in [-0.4, -0.2) is 21.0 Å². The lowest BCUT2D eigenvalue weighted by Gasteiger charge is -2.03. The number of hydrogen-bond donors (Lipinski definition) is 2. The van der Waals surface area contributed by atoms with Gasteiger partial charge in [-0.1, -0.05) is 0 Å². The fraction of sp³-hybridized carbons (Fsp3) is 0.222. The van der Waals surface area contributed by atoms with Crippen LogP contribution in [0.2, 0.25) is 0 Å². The Morgan fingerprint density at radius 1 is 1.53 bits per heavy atom. The normalized spacial score (nSPS) is 12.0. The molecule has 0 aliphatic carbocycles. The zero-order valence-electron chi connectivity index (χ0n) is 9.08. The second-order valence-corrected chi connectivity index (χ2v) is 7.10. The van der Waals surface area contributed by atoms with E-state index in [1.807, 2.05) is 13.2 Å². The van der Waals surface area contributed by atoms with Crippen molar-refractivity contribution < 1.29 is 18.8 Å². The molecule has 2 aromatic rings. The Hall–Kier alpha value is -0.590. The molecule has 0 unspecified atom stereocenters. The van der Waals surface area contributed by atoms with Crippen LogP contribution in [0.4, 0.5) is 0 Å². The van der Waals surface area contributed by atoms with Gasteiger partial charge in [0.25, 0.3) is 0 Å². The van der Waals surface area contributed by atoms with E-state index in [-0.39, 0.29) is 11.1 Å². The SMILES string of the molecule is CSc1sc(C)nc1-c1occc1P(=O)(O)O. The van der Waals surface area contributed by atoms with Crippen LogP contribution in [0.3, 0.4) is 0 Å². The molecule has 0 bridgehead atoms. The van der Waals surface area contributed by atoms with E-state index in [1.165, 1.54) is 35.4 Å². The zero-order valence-corrected chi connectivity index (χ0v) is 11.6. The van der Waals surface area contributed by atoms with Crippen molar-refractivity contribution in [2.45, 2.75) is 11.1 Å². The van der Waals surface area contributed by atoms with Gasteiger partial charge in [0.15, 0.2) is 5.76 Å². The molecule has 17 heavy (non-hydrogen) atoms. The largest absolute Gasteiger partial charge is 0.462 e. The lowest BCUT2D eigenvalue weighted by Crippen LogP contribution is -2.04. The fourth-order valence-corrected chi connectivity index (χ4v) is 3.74. The van der Waals surface area contributed by atoms with Crippen molar-refractivity contribution >= 4 is 36.0 Å². The molecular weight excluding hydrogens is 281 g/mol. The van der Waals surface area contributed by atoms with Crippen molar-refractivity contribution in [2.24, 2.45) is 0 Å². The third kappa shape index (κ3) is 2.48. The summed E-state index contributed by atoms with van der Waals surface area (Å²) in [5.74, 6) is 0.159. The summed E-state index contributed by atoms with van der Waals surface area (Å²) in [5.41, 5.74) is 0.503. The van der Waals surface area contributed by atoms with Crippen LogP contribution >= 0.6 is 30.7 Å². The summed E-state index contributed by atoms with van der Waals surface area (Å²) < 4.78 is 17.4. The van der Waals surface area contributed by atoms with Crippen LogP contribution in [0.1, 0.15) is 5.01 Å². The van der Waals surface area contributed by atoms with Crippen LogP contribution in [-0.2, 0) is 4.57 Å². The van der Waals surface area contributed by atoms with Gasteiger partial charge in [0.1, 0.15) is 11.0 Å². The molecule has 0 aliphatic rings. The van der Waals surface area contributed by atoms with Crippen LogP contribution in [0.25, 0.3) is 11.5 Å². The summed E-state index contributed by atoms with van der Waals surface area (Å²) >= 11 is 2.95. The first-order valence-electron chi connectivity index (χ1n) is 4.59. The number of aryl methyl sites for hydroxylation is 1. The van der Waals surface area contributed by atoms with Crippen molar-refractivity contribution in [1.82, 2.24) is 4.98 Å². The van der Waals surface area contributed by atoms with E-state index in [0.717, 1.165) is 9.22 Å². The topological polar surface area (TPSA) is 83.6 Å². The summed E-state index contributed by atoms with van der Waals surface area (Å²) in [5, 5.41) is 0.718. The molecule has 0 aromatic carbocycles. The lowest BCUT2D eigenvalue weighted by atomic mass is 10.3. The Morgan fingerprint density at radius 2 is 2.24 bits per heavy atom. The van der Waals surface area contributed by atoms with Gasteiger partial charge >= 0.3 is 7.60 Å². The number of thioether (sulfide) groups is 1. The highest BCUT2D eigenvalue weighted by Crippen LogP contribution is 2.41. The number of furan rings is 1. The second-order valence-electron chi connectivity index (χ2n) is 3.25. The van der Waals surface area contributed by atoms with E-state index in [1.54, 1.807) is 0 Å². The first kappa shape index (κ1) is 12.9. The summed E-state index contributed by atoms with van der Waals surface area (Å²) in [4.78, 5) is 22.7. The molecule has 92 valence electrons. The summed E-state index contributed by atoms with van der Waals surface area (Å²) in [6.07, 6.45) is 3.15. The molecule has 0 aliphatic heterocycles. The highest BCUT2D eigenvalue weighted by atomic mass is 32.2. The maximum atomic E-state index is 11.3. The van der Waals surface area contributed by atoms with E-state index in [4.69, 9.17) is 4.42 Å². The third-order valence-corrected chi connectivity index (χ3v) is 5.12. The molecule has 5 nitrogen and oxygen atoms in total. The monoisotopic (exact) mass is 291 g/mol. The molecule has 0 radical (unpaired) electrons. The molecule has 0 fully saturated rings. The van der Waals surface area contributed by atoms with Crippen molar-refractivity contribution in [3.8, 4) is 11.5 Å². The van der Waals surface area contributed by atoms with Gasteiger partial charge in [0, 0.05) is 0 Å². The van der Waals surface area contributed by atoms with Gasteiger partial charge < -0.3 is 14.2 Å². The van der Waals surface area contributed by atoms with Crippen LogP contribution in [0.15, 0.2) is 21.0 Å². The molecule has 8 heteroatoms. The minimum atomic E-state index is -4.33. The molecule has 0 saturated carbocycles. The van der Waals surface area contributed by atoms with Gasteiger partial charge in [0.2, 0.25) is 0 Å². The number of nitrogens with zero attached hydrogens (tertiary/aromatic N) is 1. The molecule has 0 amide bonds. The first-order chi connectivity index (χ1) is 7.93. The predicted octanol–water partition coefficient (Wildman–Crippen LogP) is 2.24. The van der Waals surface area contributed by atoms with E-state index >= 15 is 0 Å². The predicted molar refractivity (Wildman–Crippen MR) is 68.0 cm³/mol. The highest BCUT2D eigenvalue weighted by Gasteiger charge is 2.28. The number of aromatic nitrogens is 1. The smallest absolute Gasteiger partial charge is 0.360 e. The zero-order chi connectivity index (χ0) is 12.6. The Bertz CT molecular complexity index is 586. The molecule has 0 atom stereocenters. The maximum Gasteiger partial charge on any atom is 0.360 e. The van der Waals surface area contributed by atoms with Gasteiger partial charge in [-0.05, 0) is 19.2 Å². The molecule has 0 spiro atoms. The lowest BCUT2D eigenvalue weighted by molar-refractivity contribution is 0.387. The van der Waals surface area contributed by atoms with Gasteiger partial charge in [-0.15, -0.1) is 23.1 Å². The minimum Gasteiger partial charge on any atom is -0.462 e. The van der Waals surface area contributed by atoms with Crippen molar-refractivity contribution in [3.05, 3.63) is 17.3 Å². The number of rotatable bonds is 3. The Balaban J connectivity index is 2.61. The Morgan fingerprint density at radius 3 is 2.82 bits per heavy atom.